The summed E-state index contributed by atoms with van der Waals surface area (Å²) in [6, 6.07) is 0. The van der Waals surface area contributed by atoms with E-state index in [1.54, 1.807) is 0 Å². The van der Waals surface area contributed by atoms with Crippen LogP contribution < -0.4 is 0 Å². The van der Waals surface area contributed by atoms with Crippen LogP contribution >= 0.6 is 0 Å². The predicted molar refractivity (Wildman–Crippen MR) is 69.2 cm³/mol. The summed E-state index contributed by atoms with van der Waals surface area (Å²) in [5, 5.41) is 0. The second kappa shape index (κ2) is 4.20. The molecule has 5 unspecified atom stereocenters. The van der Waals surface area contributed by atoms with Gasteiger partial charge in [0.25, 0.3) is 0 Å². The Morgan fingerprint density at radius 1 is 0.875 bits per heavy atom. The third kappa shape index (κ3) is 1.65. The molecule has 0 amide bonds. The summed E-state index contributed by atoms with van der Waals surface area (Å²) in [7, 11) is 0. The van der Waals surface area contributed by atoms with Gasteiger partial charge < -0.3 is 0 Å². The Hall–Kier alpha value is -0.260. The van der Waals surface area contributed by atoms with E-state index in [9.17, 15) is 0 Å². The van der Waals surface area contributed by atoms with E-state index in [0.717, 1.165) is 29.6 Å². The lowest BCUT2D eigenvalue weighted by Gasteiger charge is -2.48. The van der Waals surface area contributed by atoms with Crippen molar-refractivity contribution in [1.29, 1.82) is 0 Å². The summed E-state index contributed by atoms with van der Waals surface area (Å²) < 4.78 is 0. The first-order valence-electron chi connectivity index (χ1n) is 7.47. The minimum absolute atomic E-state index is 0.971. The quantitative estimate of drug-likeness (QED) is 0.512. The van der Waals surface area contributed by atoms with Crippen LogP contribution in [0.3, 0.4) is 0 Å². The first-order chi connectivity index (χ1) is 7.77. The Bertz CT molecular complexity index is 288. The van der Waals surface area contributed by atoms with Crippen LogP contribution in [-0.4, -0.2) is 0 Å². The normalized spacial score (nSPS) is 47.9. The summed E-state index contributed by atoms with van der Waals surface area (Å²) in [5.41, 5.74) is 1.90. The van der Waals surface area contributed by atoms with Crippen molar-refractivity contribution in [3.63, 3.8) is 0 Å². The zero-order chi connectivity index (χ0) is 11.1. The van der Waals surface area contributed by atoms with E-state index in [-0.39, 0.29) is 0 Å². The van der Waals surface area contributed by atoms with Crippen LogP contribution in [0.25, 0.3) is 0 Å². The molecule has 0 aromatic heterocycles. The molecule has 0 aromatic rings. The minimum atomic E-state index is 0.971. The fourth-order valence-electron chi connectivity index (χ4n) is 4.83. The average molecular weight is 218 g/mol. The summed E-state index contributed by atoms with van der Waals surface area (Å²) in [5.74, 6) is 4.98. The summed E-state index contributed by atoms with van der Waals surface area (Å²) in [6.07, 6.45) is 13.0. The molecule has 0 heteroatoms. The van der Waals surface area contributed by atoms with Crippen LogP contribution in [0.4, 0.5) is 0 Å². The van der Waals surface area contributed by atoms with E-state index in [0.29, 0.717) is 0 Å². The standard InChI is InChI=1S/C16H26/c1-11-5-3-7-15-13(11)9-10-14-12(2)6-4-8-16(14)15/h7,11-14,16H,3-6,8-10H2,1-2H3. The van der Waals surface area contributed by atoms with Crippen LogP contribution in [0, 0.1) is 29.6 Å². The van der Waals surface area contributed by atoms with Crippen molar-refractivity contribution in [2.24, 2.45) is 29.6 Å². The highest BCUT2D eigenvalue weighted by Gasteiger charge is 2.41. The van der Waals surface area contributed by atoms with Crippen LogP contribution in [0.5, 0.6) is 0 Å². The first kappa shape index (κ1) is 10.9. The first-order valence-corrected chi connectivity index (χ1v) is 7.47. The van der Waals surface area contributed by atoms with Gasteiger partial charge in [0, 0.05) is 0 Å². The van der Waals surface area contributed by atoms with Gasteiger partial charge >= 0.3 is 0 Å². The molecule has 5 atom stereocenters. The van der Waals surface area contributed by atoms with Crippen molar-refractivity contribution in [2.75, 3.05) is 0 Å². The molecule has 0 aliphatic heterocycles. The molecule has 0 nitrogen and oxygen atoms in total. The molecule has 0 N–H and O–H groups in total. The molecule has 90 valence electrons. The minimum Gasteiger partial charge on any atom is -0.0847 e. The van der Waals surface area contributed by atoms with Crippen LogP contribution in [-0.2, 0) is 0 Å². The molecule has 0 bridgehead atoms. The van der Waals surface area contributed by atoms with Gasteiger partial charge in [-0.1, -0.05) is 38.3 Å². The highest BCUT2D eigenvalue weighted by molar-refractivity contribution is 5.19. The van der Waals surface area contributed by atoms with Crippen molar-refractivity contribution in [3.8, 4) is 0 Å². The van der Waals surface area contributed by atoms with Crippen molar-refractivity contribution < 1.29 is 0 Å². The second-order valence-electron chi connectivity index (χ2n) is 6.62. The molecule has 0 aromatic carbocycles. The van der Waals surface area contributed by atoms with Gasteiger partial charge in [-0.05, 0) is 61.7 Å². The van der Waals surface area contributed by atoms with E-state index in [1.165, 1.54) is 44.9 Å². The molecule has 16 heavy (non-hydrogen) atoms. The summed E-state index contributed by atoms with van der Waals surface area (Å²) in [6.45, 7) is 4.99. The van der Waals surface area contributed by atoms with Gasteiger partial charge in [-0.15, -0.1) is 0 Å². The third-order valence-electron chi connectivity index (χ3n) is 5.78. The lowest BCUT2D eigenvalue weighted by Crippen LogP contribution is -2.37. The highest BCUT2D eigenvalue weighted by atomic mass is 14.5. The Morgan fingerprint density at radius 3 is 2.62 bits per heavy atom. The summed E-state index contributed by atoms with van der Waals surface area (Å²) >= 11 is 0. The number of fused-ring (bicyclic) bond motifs is 3. The highest BCUT2D eigenvalue weighted by Crippen LogP contribution is 2.52. The van der Waals surface area contributed by atoms with Gasteiger partial charge in [-0.25, -0.2) is 0 Å². The fraction of sp³-hybridized carbons (Fsp3) is 0.875. The van der Waals surface area contributed by atoms with Crippen molar-refractivity contribution in [3.05, 3.63) is 11.6 Å². The van der Waals surface area contributed by atoms with E-state index >= 15 is 0 Å². The molecule has 0 saturated heterocycles. The van der Waals surface area contributed by atoms with Crippen LogP contribution in [0.1, 0.15) is 58.8 Å². The maximum atomic E-state index is 2.64. The molecular weight excluding hydrogens is 192 g/mol. The second-order valence-corrected chi connectivity index (χ2v) is 6.62. The summed E-state index contributed by atoms with van der Waals surface area (Å²) in [4.78, 5) is 0. The topological polar surface area (TPSA) is 0 Å². The van der Waals surface area contributed by atoms with Gasteiger partial charge in [0.1, 0.15) is 0 Å². The van der Waals surface area contributed by atoms with Gasteiger partial charge in [0.2, 0.25) is 0 Å². The zero-order valence-electron chi connectivity index (χ0n) is 10.9. The molecule has 2 saturated carbocycles. The van der Waals surface area contributed by atoms with E-state index in [2.05, 4.69) is 19.9 Å². The lowest BCUT2D eigenvalue weighted by molar-refractivity contribution is 0.113. The van der Waals surface area contributed by atoms with E-state index in [4.69, 9.17) is 0 Å². The van der Waals surface area contributed by atoms with Crippen LogP contribution in [0.15, 0.2) is 11.6 Å². The SMILES string of the molecule is CC1CCC=C2C1CCC1C(C)CCCC21. The monoisotopic (exact) mass is 218 g/mol. The van der Waals surface area contributed by atoms with E-state index in [1.807, 2.05) is 5.57 Å². The molecule has 0 spiro atoms. The van der Waals surface area contributed by atoms with E-state index < -0.39 is 0 Å². The number of hydrogen-bond acceptors (Lipinski definition) is 0. The molecule has 0 radical (unpaired) electrons. The maximum Gasteiger partial charge on any atom is -0.0169 e. The molecule has 3 rings (SSSR count). The fourth-order valence-corrected chi connectivity index (χ4v) is 4.83. The zero-order valence-corrected chi connectivity index (χ0v) is 10.9. The lowest BCUT2D eigenvalue weighted by atomic mass is 9.57. The largest absolute Gasteiger partial charge is 0.0847 e. The maximum absolute atomic E-state index is 2.64. The van der Waals surface area contributed by atoms with Gasteiger partial charge in [-0.2, -0.15) is 0 Å². The molecule has 3 aliphatic rings. The molecule has 2 fully saturated rings. The Labute approximate surface area is 101 Å². The van der Waals surface area contributed by atoms with Crippen LogP contribution in [0.2, 0.25) is 0 Å². The van der Waals surface area contributed by atoms with Crippen molar-refractivity contribution in [2.45, 2.75) is 58.8 Å². The molecule has 3 aliphatic carbocycles. The Balaban J connectivity index is 1.86. The van der Waals surface area contributed by atoms with Crippen molar-refractivity contribution in [1.82, 2.24) is 0 Å². The average Bonchev–Trinajstić information content (AvgIpc) is 2.30. The Morgan fingerprint density at radius 2 is 1.75 bits per heavy atom. The van der Waals surface area contributed by atoms with Gasteiger partial charge in [0.15, 0.2) is 0 Å². The van der Waals surface area contributed by atoms with Gasteiger partial charge in [-0.3, -0.25) is 0 Å². The number of hydrogen-bond donors (Lipinski definition) is 0. The molecule has 0 heterocycles. The third-order valence-corrected chi connectivity index (χ3v) is 5.78. The Kier molecular flexibility index (Phi) is 2.85. The molecular formula is C16H26. The van der Waals surface area contributed by atoms with Crippen molar-refractivity contribution >= 4 is 0 Å². The predicted octanol–water partition coefficient (Wildman–Crippen LogP) is 4.81. The van der Waals surface area contributed by atoms with Gasteiger partial charge in [0.05, 0.1) is 0 Å². The number of rotatable bonds is 0. The smallest absolute Gasteiger partial charge is 0.0169 e. The number of allylic oxidation sites excluding steroid dienone is 2.